The maximum absolute atomic E-state index is 13.6. The first-order chi connectivity index (χ1) is 16.6. The molecule has 1 heterocycles. The van der Waals surface area contributed by atoms with Gasteiger partial charge < -0.3 is 14.5 Å². The molecule has 0 saturated carbocycles. The standard InChI is InChI=1S/C26H31F4N3O3/c1-16-11-18(26(28,29)30)13-20(12-16)31(5)23(34)32(6)22-15-33(24(35)36-25(2,3)4)14-21(22)17-7-9-19(27)10-8-17/h7-13,21-22H,14-15H2,1-6H3/t21-,22+/m0/s1. The van der Waals surface area contributed by atoms with Gasteiger partial charge in [0.1, 0.15) is 11.4 Å². The molecule has 0 aromatic heterocycles. The van der Waals surface area contributed by atoms with Gasteiger partial charge in [-0.1, -0.05) is 12.1 Å². The molecule has 1 saturated heterocycles. The van der Waals surface area contributed by atoms with Crippen LogP contribution in [0.25, 0.3) is 0 Å². The highest BCUT2D eigenvalue weighted by Crippen LogP contribution is 2.35. The number of nitrogens with zero attached hydrogens (tertiary/aromatic N) is 3. The second kappa shape index (κ2) is 9.99. The van der Waals surface area contributed by atoms with Crippen molar-refractivity contribution in [3.8, 4) is 0 Å². The van der Waals surface area contributed by atoms with Crippen molar-refractivity contribution in [3.05, 3.63) is 65.0 Å². The average molecular weight is 510 g/mol. The third-order valence-electron chi connectivity index (χ3n) is 6.10. The molecule has 3 rings (SSSR count). The molecule has 0 N–H and O–H groups in total. The van der Waals surface area contributed by atoms with Gasteiger partial charge in [-0.15, -0.1) is 0 Å². The number of hydrogen-bond acceptors (Lipinski definition) is 3. The number of amides is 3. The van der Waals surface area contributed by atoms with E-state index in [-0.39, 0.29) is 24.7 Å². The molecule has 0 aliphatic carbocycles. The molecule has 0 unspecified atom stereocenters. The summed E-state index contributed by atoms with van der Waals surface area (Å²) in [4.78, 5) is 30.2. The Hall–Kier alpha value is -3.30. The van der Waals surface area contributed by atoms with Crippen LogP contribution in [-0.4, -0.2) is 60.8 Å². The van der Waals surface area contributed by atoms with Crippen LogP contribution in [0, 0.1) is 12.7 Å². The van der Waals surface area contributed by atoms with Gasteiger partial charge in [0, 0.05) is 38.8 Å². The monoisotopic (exact) mass is 509 g/mol. The summed E-state index contributed by atoms with van der Waals surface area (Å²) in [6.45, 7) is 7.15. The molecular weight excluding hydrogens is 478 g/mol. The van der Waals surface area contributed by atoms with Crippen LogP contribution in [0.5, 0.6) is 0 Å². The number of carbonyl (C=O) groups excluding carboxylic acids is 2. The van der Waals surface area contributed by atoms with Crippen molar-refractivity contribution in [1.82, 2.24) is 9.80 Å². The molecule has 3 amide bonds. The maximum atomic E-state index is 13.6. The molecule has 196 valence electrons. The largest absolute Gasteiger partial charge is 0.444 e. The van der Waals surface area contributed by atoms with E-state index in [1.165, 1.54) is 42.0 Å². The van der Waals surface area contributed by atoms with Gasteiger partial charge in [0.2, 0.25) is 0 Å². The quantitative estimate of drug-likeness (QED) is 0.474. The summed E-state index contributed by atoms with van der Waals surface area (Å²) >= 11 is 0. The number of alkyl halides is 3. The van der Waals surface area contributed by atoms with Crippen LogP contribution in [-0.2, 0) is 10.9 Å². The van der Waals surface area contributed by atoms with Gasteiger partial charge in [0.15, 0.2) is 0 Å². The van der Waals surface area contributed by atoms with E-state index in [0.29, 0.717) is 5.56 Å². The van der Waals surface area contributed by atoms with E-state index < -0.39 is 41.3 Å². The lowest BCUT2D eigenvalue weighted by Gasteiger charge is -2.33. The Bertz CT molecular complexity index is 1110. The van der Waals surface area contributed by atoms with Crippen LogP contribution in [0.15, 0.2) is 42.5 Å². The fourth-order valence-corrected chi connectivity index (χ4v) is 4.30. The second-order valence-corrected chi connectivity index (χ2v) is 10.1. The minimum atomic E-state index is -4.55. The number of halogens is 4. The number of rotatable bonds is 3. The molecule has 2 atom stereocenters. The Morgan fingerprint density at radius 3 is 2.17 bits per heavy atom. The summed E-state index contributed by atoms with van der Waals surface area (Å²) in [6.07, 6.45) is -5.09. The number of urea groups is 1. The third-order valence-corrected chi connectivity index (χ3v) is 6.10. The highest BCUT2D eigenvalue weighted by atomic mass is 19.4. The highest BCUT2D eigenvalue weighted by molar-refractivity contribution is 5.92. The third kappa shape index (κ3) is 6.27. The van der Waals surface area contributed by atoms with Crippen LogP contribution in [0.3, 0.4) is 0 Å². The first-order valence-electron chi connectivity index (χ1n) is 11.5. The van der Waals surface area contributed by atoms with Gasteiger partial charge in [-0.3, -0.25) is 4.90 Å². The zero-order valence-corrected chi connectivity index (χ0v) is 21.2. The normalized spacial score (nSPS) is 18.2. The van der Waals surface area contributed by atoms with E-state index in [4.69, 9.17) is 4.74 Å². The molecule has 10 heteroatoms. The van der Waals surface area contributed by atoms with Gasteiger partial charge in [0.25, 0.3) is 0 Å². The molecule has 1 aliphatic heterocycles. The molecular formula is C26H31F4N3O3. The molecule has 0 bridgehead atoms. The summed E-state index contributed by atoms with van der Waals surface area (Å²) in [7, 11) is 2.94. The predicted molar refractivity (Wildman–Crippen MR) is 128 cm³/mol. The van der Waals surface area contributed by atoms with Crippen LogP contribution in [0.4, 0.5) is 32.8 Å². The van der Waals surface area contributed by atoms with Crippen molar-refractivity contribution in [2.75, 3.05) is 32.1 Å². The first-order valence-corrected chi connectivity index (χ1v) is 11.5. The Labute approximate surface area is 208 Å². The molecule has 1 aliphatic rings. The number of carbonyl (C=O) groups is 2. The van der Waals surface area contributed by atoms with E-state index in [2.05, 4.69) is 0 Å². The van der Waals surface area contributed by atoms with Crippen molar-refractivity contribution in [2.45, 2.75) is 51.4 Å². The van der Waals surface area contributed by atoms with E-state index in [1.54, 1.807) is 40.0 Å². The van der Waals surface area contributed by atoms with Crippen molar-refractivity contribution in [2.24, 2.45) is 0 Å². The van der Waals surface area contributed by atoms with Crippen LogP contribution in [0.2, 0.25) is 0 Å². The van der Waals surface area contributed by atoms with Crippen LogP contribution in [0.1, 0.15) is 43.4 Å². The Kier molecular flexibility index (Phi) is 7.57. The smallest absolute Gasteiger partial charge is 0.416 e. The van der Waals surface area contributed by atoms with Crippen molar-refractivity contribution in [1.29, 1.82) is 0 Å². The molecule has 36 heavy (non-hydrogen) atoms. The molecule has 0 spiro atoms. The Morgan fingerprint density at radius 1 is 1.00 bits per heavy atom. The topological polar surface area (TPSA) is 53.1 Å². The average Bonchev–Trinajstić information content (AvgIpc) is 3.21. The number of benzene rings is 2. The zero-order chi connectivity index (χ0) is 27.0. The first kappa shape index (κ1) is 27.3. The van der Waals surface area contributed by atoms with Gasteiger partial charge in [-0.05, 0) is 69.2 Å². The number of anilines is 1. The van der Waals surface area contributed by atoms with Crippen molar-refractivity contribution >= 4 is 17.8 Å². The summed E-state index contributed by atoms with van der Waals surface area (Å²) in [5, 5.41) is 0. The van der Waals surface area contributed by atoms with Crippen LogP contribution < -0.4 is 4.90 Å². The minimum absolute atomic E-state index is 0.0968. The lowest BCUT2D eigenvalue weighted by Crippen LogP contribution is -2.48. The van der Waals surface area contributed by atoms with Crippen molar-refractivity contribution in [3.63, 3.8) is 0 Å². The SMILES string of the molecule is Cc1cc(N(C)C(=O)N(C)[C@@H]2CN(C(=O)OC(C)(C)C)C[C@H]2c2ccc(F)cc2)cc(C(F)(F)F)c1. The number of likely N-dealkylation sites (tertiary alicyclic amines) is 1. The van der Waals surface area contributed by atoms with E-state index in [1.807, 2.05) is 0 Å². The zero-order valence-electron chi connectivity index (χ0n) is 21.2. The number of likely N-dealkylation sites (N-methyl/N-ethyl adjacent to an activating group) is 1. The molecule has 0 radical (unpaired) electrons. The number of aryl methyl sites for hydroxylation is 1. The fourth-order valence-electron chi connectivity index (χ4n) is 4.30. The Balaban J connectivity index is 1.90. The molecule has 2 aromatic carbocycles. The Morgan fingerprint density at radius 2 is 1.61 bits per heavy atom. The highest BCUT2D eigenvalue weighted by Gasteiger charge is 2.42. The van der Waals surface area contributed by atoms with Crippen molar-refractivity contribution < 1.29 is 31.9 Å². The minimum Gasteiger partial charge on any atom is -0.444 e. The lowest BCUT2D eigenvalue weighted by atomic mass is 9.93. The van der Waals surface area contributed by atoms with Gasteiger partial charge in [-0.2, -0.15) is 13.2 Å². The molecule has 2 aromatic rings. The number of ether oxygens (including phenoxy) is 1. The molecule has 1 fully saturated rings. The second-order valence-electron chi connectivity index (χ2n) is 10.1. The fraction of sp³-hybridized carbons (Fsp3) is 0.462. The predicted octanol–water partition coefficient (Wildman–Crippen LogP) is 6.04. The van der Waals surface area contributed by atoms with Gasteiger partial charge >= 0.3 is 18.3 Å². The van der Waals surface area contributed by atoms with Gasteiger partial charge in [0.05, 0.1) is 11.6 Å². The molecule has 6 nitrogen and oxygen atoms in total. The lowest BCUT2D eigenvalue weighted by molar-refractivity contribution is -0.137. The summed E-state index contributed by atoms with van der Waals surface area (Å²) in [6, 6.07) is 8.20. The van der Waals surface area contributed by atoms with Crippen LogP contribution >= 0.6 is 0 Å². The number of hydrogen-bond donors (Lipinski definition) is 0. The summed E-state index contributed by atoms with van der Waals surface area (Å²) in [5.41, 5.74) is -0.377. The maximum Gasteiger partial charge on any atom is 0.416 e. The summed E-state index contributed by atoms with van der Waals surface area (Å²) in [5.74, 6) is -0.773. The van der Waals surface area contributed by atoms with Gasteiger partial charge in [-0.25, -0.2) is 14.0 Å². The summed E-state index contributed by atoms with van der Waals surface area (Å²) < 4.78 is 59.0. The van der Waals surface area contributed by atoms with E-state index >= 15 is 0 Å². The van der Waals surface area contributed by atoms with E-state index in [0.717, 1.165) is 22.6 Å². The van der Waals surface area contributed by atoms with E-state index in [9.17, 15) is 27.2 Å².